The van der Waals surface area contributed by atoms with Crippen molar-refractivity contribution in [2.75, 3.05) is 6.61 Å². The largest absolute Gasteiger partial charge is 0.413 e. The highest BCUT2D eigenvalue weighted by atomic mass is 28.4. The Kier molecular flexibility index (Phi) is 5.43. The minimum Gasteiger partial charge on any atom is -0.413 e. The van der Waals surface area contributed by atoms with Crippen LogP contribution in [0.1, 0.15) is 34.6 Å². The molecule has 0 aliphatic carbocycles. The number of hydrogen-bond acceptors (Lipinski definition) is 2. The minimum absolute atomic E-state index is 0.204. The molecule has 0 saturated carbocycles. The second-order valence-electron chi connectivity index (χ2n) is 6.40. The fourth-order valence-electron chi connectivity index (χ4n) is 1.05. The van der Waals surface area contributed by atoms with Gasteiger partial charge in [-0.3, -0.25) is 0 Å². The summed E-state index contributed by atoms with van der Waals surface area (Å²) in [6.45, 7) is 19.4. The maximum absolute atomic E-state index is 9.83. The molecule has 0 rings (SSSR count). The molecule has 0 aromatic rings. The molecular weight excluding hydrogens is 216 g/mol. The van der Waals surface area contributed by atoms with Gasteiger partial charge in [-0.25, -0.2) is 0 Å². The van der Waals surface area contributed by atoms with Gasteiger partial charge in [-0.1, -0.05) is 41.2 Å². The van der Waals surface area contributed by atoms with Gasteiger partial charge in [-0.2, -0.15) is 0 Å². The van der Waals surface area contributed by atoms with Gasteiger partial charge >= 0.3 is 0 Å². The molecule has 0 saturated heterocycles. The van der Waals surface area contributed by atoms with E-state index in [0.717, 1.165) is 5.57 Å². The van der Waals surface area contributed by atoms with Crippen molar-refractivity contribution in [3.63, 3.8) is 0 Å². The zero-order chi connectivity index (χ0) is 13.1. The predicted molar refractivity (Wildman–Crippen MR) is 73.1 cm³/mol. The van der Waals surface area contributed by atoms with Gasteiger partial charge in [0.25, 0.3) is 0 Å². The van der Waals surface area contributed by atoms with Gasteiger partial charge in [-0.15, -0.1) is 0 Å². The molecule has 0 aromatic heterocycles. The Morgan fingerprint density at radius 1 is 1.31 bits per heavy atom. The van der Waals surface area contributed by atoms with E-state index in [0.29, 0.717) is 6.61 Å². The average Bonchev–Trinajstić information content (AvgIpc) is 2.11. The van der Waals surface area contributed by atoms with Crippen molar-refractivity contribution in [2.45, 2.75) is 58.9 Å². The van der Waals surface area contributed by atoms with Crippen LogP contribution in [0.4, 0.5) is 0 Å². The number of aliphatic hydroxyl groups is 1. The van der Waals surface area contributed by atoms with Crippen LogP contribution in [0, 0.1) is 5.92 Å². The molecule has 0 fully saturated rings. The third-order valence-electron chi connectivity index (χ3n) is 3.47. The van der Waals surface area contributed by atoms with Crippen LogP contribution in [-0.4, -0.2) is 26.1 Å². The molecule has 0 bridgehead atoms. The monoisotopic (exact) mass is 244 g/mol. The molecule has 0 radical (unpaired) electrons. The minimum atomic E-state index is -1.72. The Bertz CT molecular complexity index is 239. The van der Waals surface area contributed by atoms with E-state index >= 15 is 0 Å². The van der Waals surface area contributed by atoms with Crippen LogP contribution in [0.15, 0.2) is 12.2 Å². The molecule has 1 N–H and O–H groups in total. The SMILES string of the molecule is C=C(CO[Si](C)(C)C(C)(C)C)C(O)C(C)C. The summed E-state index contributed by atoms with van der Waals surface area (Å²) in [5.41, 5.74) is 0.792. The number of rotatable bonds is 5. The van der Waals surface area contributed by atoms with Gasteiger partial charge in [-0.05, 0) is 29.6 Å². The Hall–Kier alpha value is -0.123. The number of hydrogen-bond donors (Lipinski definition) is 1. The van der Waals surface area contributed by atoms with E-state index in [1.807, 2.05) is 13.8 Å². The summed E-state index contributed by atoms with van der Waals surface area (Å²) in [7, 11) is -1.72. The quantitative estimate of drug-likeness (QED) is 0.591. The van der Waals surface area contributed by atoms with Crippen molar-refractivity contribution in [1.29, 1.82) is 0 Å². The van der Waals surface area contributed by atoms with Crippen molar-refractivity contribution < 1.29 is 9.53 Å². The Morgan fingerprint density at radius 2 is 1.75 bits per heavy atom. The smallest absolute Gasteiger partial charge is 0.192 e. The topological polar surface area (TPSA) is 29.5 Å². The van der Waals surface area contributed by atoms with Gasteiger partial charge in [0.1, 0.15) is 0 Å². The maximum Gasteiger partial charge on any atom is 0.192 e. The standard InChI is InChI=1S/C13H28O2Si/c1-10(2)12(14)11(3)9-15-16(7,8)13(4,5)6/h10,12,14H,3,9H2,1-2,4-8H3. The molecule has 3 heteroatoms. The van der Waals surface area contributed by atoms with Crippen molar-refractivity contribution in [3.05, 3.63) is 12.2 Å². The molecule has 0 heterocycles. The molecule has 1 unspecified atom stereocenters. The van der Waals surface area contributed by atoms with Gasteiger partial charge < -0.3 is 9.53 Å². The molecule has 0 aliphatic rings. The zero-order valence-corrected chi connectivity index (χ0v) is 12.9. The molecule has 2 nitrogen and oxygen atoms in total. The predicted octanol–water partition coefficient (Wildman–Crippen LogP) is 3.58. The van der Waals surface area contributed by atoms with E-state index in [1.54, 1.807) is 0 Å². The third kappa shape index (κ3) is 4.40. The molecule has 1 atom stereocenters. The first-order chi connectivity index (χ1) is 6.99. The normalized spacial score (nSPS) is 15.3. The molecule has 0 amide bonds. The van der Waals surface area contributed by atoms with Crippen LogP contribution < -0.4 is 0 Å². The molecule has 16 heavy (non-hydrogen) atoms. The summed E-state index contributed by atoms with van der Waals surface area (Å²) in [6, 6.07) is 0. The first kappa shape index (κ1) is 15.9. The summed E-state index contributed by atoms with van der Waals surface area (Å²) >= 11 is 0. The summed E-state index contributed by atoms with van der Waals surface area (Å²) in [5, 5.41) is 10.0. The van der Waals surface area contributed by atoms with Gasteiger partial charge in [0.15, 0.2) is 8.32 Å². The highest BCUT2D eigenvalue weighted by Crippen LogP contribution is 2.36. The van der Waals surface area contributed by atoms with Gasteiger partial charge in [0.05, 0.1) is 12.7 Å². The van der Waals surface area contributed by atoms with E-state index in [2.05, 4.69) is 40.4 Å². The van der Waals surface area contributed by atoms with Crippen LogP contribution in [0.2, 0.25) is 18.1 Å². The van der Waals surface area contributed by atoms with E-state index in [1.165, 1.54) is 0 Å². The Balaban J connectivity index is 4.31. The zero-order valence-electron chi connectivity index (χ0n) is 11.9. The van der Waals surface area contributed by atoms with Gasteiger partial charge in [0.2, 0.25) is 0 Å². The molecule has 96 valence electrons. The molecule has 0 aliphatic heterocycles. The van der Waals surface area contributed by atoms with Crippen LogP contribution in [0.3, 0.4) is 0 Å². The first-order valence-corrected chi connectivity index (χ1v) is 8.89. The van der Waals surface area contributed by atoms with Crippen molar-refractivity contribution >= 4 is 8.32 Å². The fraction of sp³-hybridized carbons (Fsp3) is 0.846. The lowest BCUT2D eigenvalue weighted by molar-refractivity contribution is 0.145. The van der Waals surface area contributed by atoms with E-state index in [4.69, 9.17) is 4.43 Å². The van der Waals surface area contributed by atoms with Crippen molar-refractivity contribution in [2.24, 2.45) is 5.92 Å². The van der Waals surface area contributed by atoms with E-state index in [9.17, 15) is 5.11 Å². The second kappa shape index (κ2) is 5.47. The first-order valence-electron chi connectivity index (χ1n) is 5.98. The Labute approximate surface area is 102 Å². The molecule has 0 aromatic carbocycles. The molecule has 0 spiro atoms. The van der Waals surface area contributed by atoms with Crippen LogP contribution in [-0.2, 0) is 4.43 Å². The Morgan fingerprint density at radius 3 is 2.06 bits per heavy atom. The number of aliphatic hydroxyl groups excluding tert-OH is 1. The average molecular weight is 244 g/mol. The lowest BCUT2D eigenvalue weighted by atomic mass is 10.0. The summed E-state index contributed by atoms with van der Waals surface area (Å²) in [5.74, 6) is 0.204. The molecular formula is C13H28O2Si. The van der Waals surface area contributed by atoms with Gasteiger partial charge in [0, 0.05) is 0 Å². The summed E-state index contributed by atoms with van der Waals surface area (Å²) < 4.78 is 6.01. The van der Waals surface area contributed by atoms with E-state index in [-0.39, 0.29) is 11.0 Å². The fourth-order valence-corrected chi connectivity index (χ4v) is 2.03. The summed E-state index contributed by atoms with van der Waals surface area (Å²) in [6.07, 6.45) is -0.454. The van der Waals surface area contributed by atoms with Crippen LogP contribution in [0.25, 0.3) is 0 Å². The van der Waals surface area contributed by atoms with Crippen molar-refractivity contribution in [3.8, 4) is 0 Å². The highest BCUT2D eigenvalue weighted by Gasteiger charge is 2.37. The third-order valence-corrected chi connectivity index (χ3v) is 7.95. The highest BCUT2D eigenvalue weighted by molar-refractivity contribution is 6.74. The maximum atomic E-state index is 9.83. The van der Waals surface area contributed by atoms with Crippen molar-refractivity contribution in [1.82, 2.24) is 0 Å². The lowest BCUT2D eigenvalue weighted by Gasteiger charge is -2.36. The van der Waals surface area contributed by atoms with Crippen LogP contribution in [0.5, 0.6) is 0 Å². The summed E-state index contributed by atoms with van der Waals surface area (Å²) in [4.78, 5) is 0. The second-order valence-corrected chi connectivity index (χ2v) is 11.2. The lowest BCUT2D eigenvalue weighted by Crippen LogP contribution is -2.41. The van der Waals surface area contributed by atoms with E-state index < -0.39 is 14.4 Å². The van der Waals surface area contributed by atoms with Crippen LogP contribution >= 0.6 is 0 Å².